The van der Waals surface area contributed by atoms with Gasteiger partial charge in [0.15, 0.2) is 0 Å². The molecule has 230 valence electrons. The molecule has 0 radical (unpaired) electrons. The molecule has 2 unspecified atom stereocenters. The van der Waals surface area contributed by atoms with E-state index in [1.807, 2.05) is 0 Å². The van der Waals surface area contributed by atoms with E-state index in [1.165, 1.54) is 41.1 Å². The molecule has 42 heavy (non-hydrogen) atoms. The number of likely N-dealkylation sites (N-methyl/N-ethyl adjacent to an activating group) is 1. The quantitative estimate of drug-likeness (QED) is 0.365. The fourth-order valence-electron chi connectivity index (χ4n) is 5.22. The molecule has 2 aromatic rings. The summed E-state index contributed by atoms with van der Waals surface area (Å²) in [6, 6.07) is 3.65. The van der Waals surface area contributed by atoms with Gasteiger partial charge in [-0.05, 0) is 35.9 Å². The van der Waals surface area contributed by atoms with Gasteiger partial charge in [-0.1, -0.05) is 12.1 Å². The molecule has 2 saturated heterocycles. The topological polar surface area (TPSA) is 47.1 Å². The van der Waals surface area contributed by atoms with Crippen molar-refractivity contribution < 1.29 is 49.1 Å². The first kappa shape index (κ1) is 31.3. The van der Waals surface area contributed by atoms with Gasteiger partial charge in [-0.2, -0.15) is 26.3 Å². The third-order valence-electron chi connectivity index (χ3n) is 7.67. The number of benzene rings is 2. The van der Waals surface area contributed by atoms with Crippen molar-refractivity contribution in [1.82, 2.24) is 14.7 Å². The van der Waals surface area contributed by atoms with Gasteiger partial charge in [0.05, 0.1) is 17.2 Å². The second-order valence-electron chi connectivity index (χ2n) is 10.5. The van der Waals surface area contributed by atoms with Gasteiger partial charge in [0.2, 0.25) is 0 Å². The normalized spacial score (nSPS) is 20.9. The van der Waals surface area contributed by atoms with Gasteiger partial charge < -0.3 is 14.7 Å². The smallest absolute Gasteiger partial charge is 0.324 e. The van der Waals surface area contributed by atoms with Gasteiger partial charge in [-0.15, -0.1) is 0 Å². The Morgan fingerprint density at radius 1 is 0.833 bits per heavy atom. The SMILES string of the molecule is CN(C(=O)N(C)C1CN(C(=O)N2CCC(F)(F)CC2)CC1c1ccc(F)cc1)c1cc(C(F)(F)F)cc(C(F)(F)F)c1. The fraction of sp³-hybridized carbons (Fsp3) is 0.481. The number of hydrogen-bond donors (Lipinski definition) is 0. The predicted molar refractivity (Wildman–Crippen MR) is 134 cm³/mol. The van der Waals surface area contributed by atoms with Crippen LogP contribution in [0.15, 0.2) is 42.5 Å². The summed E-state index contributed by atoms with van der Waals surface area (Å²) in [4.78, 5) is 31.0. The lowest BCUT2D eigenvalue weighted by atomic mass is 9.93. The van der Waals surface area contributed by atoms with Crippen LogP contribution in [0.5, 0.6) is 0 Å². The highest BCUT2D eigenvalue weighted by Gasteiger charge is 2.44. The molecule has 0 saturated carbocycles. The Morgan fingerprint density at radius 2 is 1.36 bits per heavy atom. The van der Waals surface area contributed by atoms with Crippen molar-refractivity contribution in [3.8, 4) is 0 Å². The Bertz CT molecular complexity index is 1270. The summed E-state index contributed by atoms with van der Waals surface area (Å²) in [7, 11) is 2.31. The lowest BCUT2D eigenvalue weighted by molar-refractivity contribution is -0.143. The average Bonchev–Trinajstić information content (AvgIpc) is 3.36. The number of likely N-dealkylation sites (tertiary alicyclic amines) is 2. The molecule has 15 heteroatoms. The number of nitrogens with zero attached hydrogens (tertiary/aromatic N) is 4. The van der Waals surface area contributed by atoms with E-state index < -0.39 is 77.8 Å². The molecule has 0 aromatic heterocycles. The van der Waals surface area contributed by atoms with Crippen LogP contribution >= 0.6 is 0 Å². The number of urea groups is 2. The van der Waals surface area contributed by atoms with Gasteiger partial charge >= 0.3 is 24.4 Å². The molecule has 0 N–H and O–H groups in total. The van der Waals surface area contributed by atoms with Crippen LogP contribution in [0, 0.1) is 5.82 Å². The predicted octanol–water partition coefficient (Wildman–Crippen LogP) is 6.67. The van der Waals surface area contributed by atoms with Crippen LogP contribution in [0.3, 0.4) is 0 Å². The van der Waals surface area contributed by atoms with Crippen molar-refractivity contribution in [3.63, 3.8) is 0 Å². The fourth-order valence-corrected chi connectivity index (χ4v) is 5.22. The van der Waals surface area contributed by atoms with Crippen molar-refractivity contribution in [3.05, 3.63) is 65.0 Å². The van der Waals surface area contributed by atoms with Crippen LogP contribution in [-0.2, 0) is 12.4 Å². The molecule has 6 nitrogen and oxygen atoms in total. The Morgan fingerprint density at radius 3 is 1.86 bits per heavy atom. The summed E-state index contributed by atoms with van der Waals surface area (Å²) in [5, 5.41) is 0. The van der Waals surface area contributed by atoms with E-state index in [4.69, 9.17) is 0 Å². The molecule has 2 atom stereocenters. The monoisotopic (exact) mass is 610 g/mol. The molecule has 4 rings (SSSR count). The minimum Gasteiger partial charge on any atom is -0.324 e. The van der Waals surface area contributed by atoms with E-state index >= 15 is 0 Å². The Hall–Kier alpha value is -3.65. The maximum atomic E-state index is 13.6. The van der Waals surface area contributed by atoms with Crippen LogP contribution in [0.2, 0.25) is 0 Å². The number of carbonyl (C=O) groups is 2. The zero-order valence-corrected chi connectivity index (χ0v) is 22.4. The van der Waals surface area contributed by atoms with Gasteiger partial charge in [0, 0.05) is 64.7 Å². The summed E-state index contributed by atoms with van der Waals surface area (Å²) in [5.41, 5.74) is -3.33. The Kier molecular flexibility index (Phi) is 8.35. The molecule has 2 heterocycles. The lowest BCUT2D eigenvalue weighted by Gasteiger charge is -2.35. The van der Waals surface area contributed by atoms with Crippen LogP contribution in [0.4, 0.5) is 54.8 Å². The maximum Gasteiger partial charge on any atom is 0.416 e. The first-order valence-corrected chi connectivity index (χ1v) is 12.8. The summed E-state index contributed by atoms with van der Waals surface area (Å²) in [6.45, 7) is -0.489. The minimum atomic E-state index is -5.12. The van der Waals surface area contributed by atoms with Crippen molar-refractivity contribution in [2.75, 3.05) is 45.2 Å². The van der Waals surface area contributed by atoms with Crippen molar-refractivity contribution in [2.24, 2.45) is 0 Å². The summed E-state index contributed by atoms with van der Waals surface area (Å²) in [5.74, 6) is -4.08. The molecule has 2 aromatic carbocycles. The molecule has 0 bridgehead atoms. The second kappa shape index (κ2) is 11.2. The van der Waals surface area contributed by atoms with Gasteiger partial charge in [-0.25, -0.2) is 22.8 Å². The molecule has 4 amide bonds. The summed E-state index contributed by atoms with van der Waals surface area (Å²) < 4.78 is 121. The molecule has 0 aliphatic carbocycles. The average molecular weight is 611 g/mol. The largest absolute Gasteiger partial charge is 0.416 e. The van der Waals surface area contributed by atoms with Gasteiger partial charge in [-0.3, -0.25) is 4.90 Å². The number of piperidine rings is 1. The van der Waals surface area contributed by atoms with Crippen molar-refractivity contribution >= 4 is 17.7 Å². The number of amides is 4. The van der Waals surface area contributed by atoms with Crippen LogP contribution in [-0.4, -0.2) is 79.0 Å². The molecule has 2 aliphatic heterocycles. The number of carbonyl (C=O) groups excluding carboxylic acids is 2. The molecule has 0 spiro atoms. The Balaban J connectivity index is 1.62. The van der Waals surface area contributed by atoms with Crippen molar-refractivity contribution in [1.29, 1.82) is 0 Å². The van der Waals surface area contributed by atoms with Crippen LogP contribution in [0.25, 0.3) is 0 Å². The second-order valence-corrected chi connectivity index (χ2v) is 10.5. The maximum absolute atomic E-state index is 13.6. The zero-order chi connectivity index (χ0) is 31.2. The number of halogens is 9. The highest BCUT2D eigenvalue weighted by Crippen LogP contribution is 2.39. The van der Waals surface area contributed by atoms with E-state index in [0.717, 1.165) is 11.9 Å². The van der Waals surface area contributed by atoms with E-state index in [2.05, 4.69) is 0 Å². The van der Waals surface area contributed by atoms with E-state index in [-0.39, 0.29) is 32.2 Å². The zero-order valence-electron chi connectivity index (χ0n) is 22.4. The van der Waals surface area contributed by atoms with Gasteiger partial charge in [0.25, 0.3) is 5.92 Å². The highest BCUT2D eigenvalue weighted by molar-refractivity contribution is 5.92. The first-order valence-electron chi connectivity index (χ1n) is 12.8. The third kappa shape index (κ3) is 6.70. The van der Waals surface area contributed by atoms with Gasteiger partial charge in [0.1, 0.15) is 5.82 Å². The number of rotatable bonds is 3. The first-order chi connectivity index (χ1) is 19.4. The Labute approximate surface area is 235 Å². The van der Waals surface area contributed by atoms with E-state index in [0.29, 0.717) is 22.6 Å². The van der Waals surface area contributed by atoms with Crippen LogP contribution in [0.1, 0.15) is 35.4 Å². The van der Waals surface area contributed by atoms with E-state index in [1.54, 1.807) is 0 Å². The molecule has 2 aliphatic rings. The lowest BCUT2D eigenvalue weighted by Crippen LogP contribution is -2.50. The number of anilines is 1. The molecular formula is C27H27F9N4O2. The minimum absolute atomic E-state index is 0.00510. The van der Waals surface area contributed by atoms with E-state index in [9.17, 15) is 49.1 Å². The number of alkyl halides is 8. The molecular weight excluding hydrogens is 583 g/mol. The third-order valence-corrected chi connectivity index (χ3v) is 7.67. The highest BCUT2D eigenvalue weighted by atomic mass is 19.4. The van der Waals surface area contributed by atoms with Crippen molar-refractivity contribution in [2.45, 2.75) is 43.1 Å². The molecule has 2 fully saturated rings. The number of hydrogen-bond acceptors (Lipinski definition) is 2. The summed E-state index contributed by atoms with van der Waals surface area (Å²) in [6.07, 6.45) is -11.3. The standard InChI is InChI=1S/C27H27F9N4O2/c1-37(20-12-17(26(31,32)33)11-18(13-20)27(34,35)36)23(41)38(2)22-15-40(14-21(22)16-3-5-19(28)6-4-16)24(42)39-9-7-25(29,30)8-10-39/h3-6,11-13,21-22H,7-10,14-15H2,1-2H3. The summed E-state index contributed by atoms with van der Waals surface area (Å²) >= 11 is 0. The van der Waals surface area contributed by atoms with Crippen LogP contribution < -0.4 is 4.90 Å².